The predicted octanol–water partition coefficient (Wildman–Crippen LogP) is 4.52. The lowest BCUT2D eigenvalue weighted by molar-refractivity contribution is -0.134. The third-order valence-corrected chi connectivity index (χ3v) is 3.97. The number of hydrogen-bond acceptors (Lipinski definition) is 5. The Kier molecular flexibility index (Phi) is 6.61. The number of methoxy groups -OCH3 is 2. The van der Waals surface area contributed by atoms with Crippen LogP contribution in [0.3, 0.4) is 0 Å². The minimum absolute atomic E-state index is 0.229. The Morgan fingerprint density at radius 3 is 2.52 bits per heavy atom. The van der Waals surface area contributed by atoms with E-state index in [-0.39, 0.29) is 16.3 Å². The van der Waals surface area contributed by atoms with Crippen LogP contribution in [0.5, 0.6) is 11.5 Å². The summed E-state index contributed by atoms with van der Waals surface area (Å²) in [5, 5.41) is 0.282. The zero-order valence-electron chi connectivity index (χ0n) is 13.4. The second kappa shape index (κ2) is 8.69. The highest BCUT2D eigenvalue weighted by Crippen LogP contribution is 2.30. The van der Waals surface area contributed by atoms with Crippen molar-refractivity contribution in [3.63, 3.8) is 0 Å². The number of esters is 2. The molecule has 0 radical (unpaired) electrons. The Balaban J connectivity index is 2.24. The smallest absolute Gasteiger partial charge is 0.345 e. The van der Waals surface area contributed by atoms with Gasteiger partial charge in [-0.25, -0.2) is 9.59 Å². The zero-order chi connectivity index (χ0) is 18.4. The molecule has 2 aromatic carbocycles. The molecule has 0 amide bonds. The van der Waals surface area contributed by atoms with Gasteiger partial charge in [-0.05, 0) is 42.0 Å². The van der Waals surface area contributed by atoms with Gasteiger partial charge in [0.15, 0.2) is 11.5 Å². The van der Waals surface area contributed by atoms with Crippen molar-refractivity contribution < 1.29 is 23.8 Å². The average molecular weight is 426 g/mol. The first-order valence-corrected chi connectivity index (χ1v) is 8.23. The molecule has 0 aliphatic heterocycles. The molecule has 0 bridgehead atoms. The van der Waals surface area contributed by atoms with Gasteiger partial charge in [0.1, 0.15) is 0 Å². The minimum atomic E-state index is -0.609. The molecular weight excluding hydrogens is 412 g/mol. The summed E-state index contributed by atoms with van der Waals surface area (Å²) in [6.07, 6.45) is 2.84. The largest absolute Gasteiger partial charge is 0.493 e. The molecule has 0 N–H and O–H groups in total. The summed E-state index contributed by atoms with van der Waals surface area (Å²) in [6.45, 7) is 0. The van der Waals surface area contributed by atoms with Crippen molar-refractivity contribution in [2.45, 2.75) is 0 Å². The lowest BCUT2D eigenvalue weighted by Crippen LogP contribution is -2.10. The molecule has 0 aliphatic rings. The SMILES string of the molecule is COC(=O)/C=C/c1ccc(OC(=O)c2cc(Br)ccc2Cl)c(OC)c1. The minimum Gasteiger partial charge on any atom is -0.493 e. The summed E-state index contributed by atoms with van der Waals surface area (Å²) in [4.78, 5) is 23.5. The molecule has 2 rings (SSSR count). The van der Waals surface area contributed by atoms with Crippen LogP contribution < -0.4 is 9.47 Å². The number of carbonyl (C=O) groups is 2. The fraction of sp³-hybridized carbons (Fsp3) is 0.111. The molecule has 0 heterocycles. The molecule has 0 aliphatic carbocycles. The van der Waals surface area contributed by atoms with E-state index >= 15 is 0 Å². The highest BCUT2D eigenvalue weighted by Gasteiger charge is 2.16. The Bertz CT molecular complexity index is 832. The number of hydrogen-bond donors (Lipinski definition) is 0. The molecule has 7 heteroatoms. The molecular formula is C18H14BrClO5. The molecule has 0 spiro atoms. The summed E-state index contributed by atoms with van der Waals surface area (Å²) < 4.78 is 15.9. The first kappa shape index (κ1) is 19.0. The summed E-state index contributed by atoms with van der Waals surface area (Å²) in [6, 6.07) is 9.77. The summed E-state index contributed by atoms with van der Waals surface area (Å²) in [7, 11) is 2.75. The van der Waals surface area contributed by atoms with Crippen LogP contribution in [-0.2, 0) is 9.53 Å². The maximum absolute atomic E-state index is 12.3. The van der Waals surface area contributed by atoms with Crippen molar-refractivity contribution in [1.82, 2.24) is 0 Å². The third kappa shape index (κ3) is 5.08. The van der Waals surface area contributed by atoms with Gasteiger partial charge in [-0.2, -0.15) is 0 Å². The standard InChI is InChI=1S/C18H14BrClO5/c1-23-16-9-11(4-8-17(21)24-2)3-7-15(16)25-18(22)13-10-12(19)5-6-14(13)20/h3-10H,1-2H3/b8-4+. The fourth-order valence-corrected chi connectivity index (χ4v) is 2.47. The monoisotopic (exact) mass is 424 g/mol. The maximum atomic E-state index is 12.3. The van der Waals surface area contributed by atoms with Crippen LogP contribution in [0.1, 0.15) is 15.9 Å². The molecule has 0 atom stereocenters. The van der Waals surface area contributed by atoms with Gasteiger partial charge in [0.2, 0.25) is 0 Å². The zero-order valence-corrected chi connectivity index (χ0v) is 15.8. The Hall–Kier alpha value is -2.31. The number of benzene rings is 2. The van der Waals surface area contributed by atoms with Crippen LogP contribution in [0.25, 0.3) is 6.08 Å². The molecule has 5 nitrogen and oxygen atoms in total. The summed E-state index contributed by atoms with van der Waals surface area (Å²) in [5.74, 6) is -0.508. The van der Waals surface area contributed by atoms with Gasteiger partial charge in [-0.15, -0.1) is 0 Å². The van der Waals surface area contributed by atoms with Crippen LogP contribution in [0.4, 0.5) is 0 Å². The molecule has 130 valence electrons. The first-order valence-electron chi connectivity index (χ1n) is 7.06. The van der Waals surface area contributed by atoms with Crippen molar-refractivity contribution in [1.29, 1.82) is 0 Å². The van der Waals surface area contributed by atoms with Crippen molar-refractivity contribution in [2.24, 2.45) is 0 Å². The summed E-state index contributed by atoms with van der Waals surface area (Å²) >= 11 is 9.32. The third-order valence-electron chi connectivity index (χ3n) is 3.15. The van der Waals surface area contributed by atoms with E-state index in [1.54, 1.807) is 42.5 Å². The van der Waals surface area contributed by atoms with Gasteiger partial charge in [0.25, 0.3) is 0 Å². The van der Waals surface area contributed by atoms with Gasteiger partial charge in [-0.1, -0.05) is 33.6 Å². The average Bonchev–Trinajstić information content (AvgIpc) is 2.62. The van der Waals surface area contributed by atoms with E-state index in [2.05, 4.69) is 20.7 Å². The second-order valence-electron chi connectivity index (χ2n) is 4.78. The van der Waals surface area contributed by atoms with E-state index in [1.165, 1.54) is 20.3 Å². The fourth-order valence-electron chi connectivity index (χ4n) is 1.91. The molecule has 25 heavy (non-hydrogen) atoms. The van der Waals surface area contributed by atoms with Crippen LogP contribution in [-0.4, -0.2) is 26.2 Å². The van der Waals surface area contributed by atoms with Crippen molar-refractivity contribution in [3.05, 3.63) is 63.1 Å². The van der Waals surface area contributed by atoms with Gasteiger partial charge < -0.3 is 14.2 Å². The van der Waals surface area contributed by atoms with E-state index in [4.69, 9.17) is 21.1 Å². The van der Waals surface area contributed by atoms with Crippen LogP contribution in [0, 0.1) is 0 Å². The van der Waals surface area contributed by atoms with Crippen molar-refractivity contribution >= 4 is 45.5 Å². The summed E-state index contributed by atoms with van der Waals surface area (Å²) in [5.41, 5.74) is 0.912. The Labute approximate surface area is 158 Å². The highest BCUT2D eigenvalue weighted by atomic mass is 79.9. The molecule has 2 aromatic rings. The lowest BCUT2D eigenvalue weighted by atomic mass is 10.2. The second-order valence-corrected chi connectivity index (χ2v) is 6.10. The predicted molar refractivity (Wildman–Crippen MR) is 98.2 cm³/mol. The molecule has 0 saturated carbocycles. The van der Waals surface area contributed by atoms with Crippen molar-refractivity contribution in [3.8, 4) is 11.5 Å². The van der Waals surface area contributed by atoms with Crippen LogP contribution in [0.2, 0.25) is 5.02 Å². The van der Waals surface area contributed by atoms with Crippen LogP contribution in [0.15, 0.2) is 46.9 Å². The lowest BCUT2D eigenvalue weighted by Gasteiger charge is -2.11. The number of halogens is 2. The maximum Gasteiger partial charge on any atom is 0.345 e. The Morgan fingerprint density at radius 1 is 1.08 bits per heavy atom. The number of carbonyl (C=O) groups excluding carboxylic acids is 2. The number of ether oxygens (including phenoxy) is 3. The van der Waals surface area contributed by atoms with E-state index in [0.29, 0.717) is 15.8 Å². The topological polar surface area (TPSA) is 61.8 Å². The quantitative estimate of drug-likeness (QED) is 0.400. The van der Waals surface area contributed by atoms with E-state index in [9.17, 15) is 9.59 Å². The van der Waals surface area contributed by atoms with Crippen LogP contribution >= 0.6 is 27.5 Å². The van der Waals surface area contributed by atoms with E-state index in [1.807, 2.05) is 0 Å². The molecule has 0 aromatic heterocycles. The molecule has 0 unspecified atom stereocenters. The normalized spacial score (nSPS) is 10.6. The van der Waals surface area contributed by atoms with Gasteiger partial charge in [0.05, 0.1) is 24.8 Å². The van der Waals surface area contributed by atoms with Crippen molar-refractivity contribution in [2.75, 3.05) is 14.2 Å². The first-order chi connectivity index (χ1) is 11.9. The Morgan fingerprint density at radius 2 is 1.84 bits per heavy atom. The van der Waals surface area contributed by atoms with Gasteiger partial charge >= 0.3 is 11.9 Å². The van der Waals surface area contributed by atoms with Gasteiger partial charge in [-0.3, -0.25) is 0 Å². The van der Waals surface area contributed by atoms with Gasteiger partial charge in [0, 0.05) is 10.5 Å². The highest BCUT2D eigenvalue weighted by molar-refractivity contribution is 9.10. The molecule has 0 fully saturated rings. The molecule has 0 saturated heterocycles. The van der Waals surface area contributed by atoms with E-state index in [0.717, 1.165) is 0 Å². The number of rotatable bonds is 5. The van der Waals surface area contributed by atoms with E-state index < -0.39 is 11.9 Å².